The van der Waals surface area contributed by atoms with Crippen molar-refractivity contribution in [2.75, 3.05) is 0 Å². The van der Waals surface area contributed by atoms with E-state index in [9.17, 15) is 5.11 Å². The summed E-state index contributed by atoms with van der Waals surface area (Å²) in [6.45, 7) is 14.9. The van der Waals surface area contributed by atoms with E-state index in [1.807, 2.05) is 13.0 Å². The SMILES string of the molecule is Cc1ccc(C(C)(O)c2ccc(C)c(CCc3cccc(-c4cccc(C)c4C)c3C)c2)cc1C. The van der Waals surface area contributed by atoms with E-state index in [1.165, 1.54) is 55.6 Å². The summed E-state index contributed by atoms with van der Waals surface area (Å²) in [6, 6.07) is 25.9. The summed E-state index contributed by atoms with van der Waals surface area (Å²) >= 11 is 0. The number of hydrogen-bond acceptors (Lipinski definition) is 1. The molecule has 4 aromatic carbocycles. The van der Waals surface area contributed by atoms with E-state index in [2.05, 4.69) is 108 Å². The Morgan fingerprint density at radius 2 is 1.11 bits per heavy atom. The van der Waals surface area contributed by atoms with Gasteiger partial charge in [-0.15, -0.1) is 0 Å². The van der Waals surface area contributed by atoms with Gasteiger partial charge in [0.25, 0.3) is 0 Å². The molecule has 0 aliphatic rings. The molecular formula is C34H38O. The van der Waals surface area contributed by atoms with E-state index >= 15 is 0 Å². The zero-order chi connectivity index (χ0) is 25.3. The molecule has 1 heteroatoms. The van der Waals surface area contributed by atoms with Crippen LogP contribution in [-0.4, -0.2) is 5.11 Å². The van der Waals surface area contributed by atoms with Crippen LogP contribution in [-0.2, 0) is 18.4 Å². The average molecular weight is 463 g/mol. The lowest BCUT2D eigenvalue weighted by Gasteiger charge is -2.26. The van der Waals surface area contributed by atoms with Crippen LogP contribution in [0.4, 0.5) is 0 Å². The molecule has 0 aliphatic heterocycles. The molecule has 0 aromatic heterocycles. The first-order chi connectivity index (χ1) is 16.6. The smallest absolute Gasteiger partial charge is 0.112 e. The molecule has 0 amide bonds. The number of aryl methyl sites for hydroxylation is 6. The lowest BCUT2D eigenvalue weighted by atomic mass is 9.84. The van der Waals surface area contributed by atoms with Gasteiger partial charge in [-0.2, -0.15) is 0 Å². The normalized spacial score (nSPS) is 13.0. The van der Waals surface area contributed by atoms with Gasteiger partial charge in [0.2, 0.25) is 0 Å². The van der Waals surface area contributed by atoms with Crippen molar-refractivity contribution in [3.05, 3.63) is 128 Å². The van der Waals surface area contributed by atoms with Crippen LogP contribution in [0.3, 0.4) is 0 Å². The Hall–Kier alpha value is -3.16. The summed E-state index contributed by atoms with van der Waals surface area (Å²) in [4.78, 5) is 0. The first-order valence-corrected chi connectivity index (χ1v) is 12.6. The minimum atomic E-state index is -1.03. The van der Waals surface area contributed by atoms with Gasteiger partial charge in [-0.05, 0) is 128 Å². The van der Waals surface area contributed by atoms with Crippen LogP contribution in [0.25, 0.3) is 11.1 Å². The summed E-state index contributed by atoms with van der Waals surface area (Å²) < 4.78 is 0. The summed E-state index contributed by atoms with van der Waals surface area (Å²) in [5, 5.41) is 11.5. The first-order valence-electron chi connectivity index (χ1n) is 12.6. The predicted octanol–water partition coefficient (Wildman–Crippen LogP) is 8.25. The molecule has 4 rings (SSSR count). The van der Waals surface area contributed by atoms with Crippen molar-refractivity contribution >= 4 is 0 Å². The second kappa shape index (κ2) is 9.84. The lowest BCUT2D eigenvalue weighted by molar-refractivity contribution is 0.102. The van der Waals surface area contributed by atoms with Crippen LogP contribution < -0.4 is 0 Å². The molecule has 1 nitrogen and oxygen atoms in total. The van der Waals surface area contributed by atoms with Crippen LogP contribution in [0.1, 0.15) is 62.6 Å². The molecule has 0 saturated carbocycles. The maximum Gasteiger partial charge on any atom is 0.112 e. The molecule has 4 aromatic rings. The maximum atomic E-state index is 11.5. The van der Waals surface area contributed by atoms with E-state index in [0.29, 0.717) is 0 Å². The molecule has 0 spiro atoms. The van der Waals surface area contributed by atoms with E-state index in [-0.39, 0.29) is 0 Å². The highest BCUT2D eigenvalue weighted by atomic mass is 16.3. The molecule has 0 heterocycles. The fraction of sp³-hybridized carbons (Fsp3) is 0.294. The maximum absolute atomic E-state index is 11.5. The third kappa shape index (κ3) is 4.97. The highest BCUT2D eigenvalue weighted by Gasteiger charge is 2.26. The Balaban J connectivity index is 1.62. The highest BCUT2D eigenvalue weighted by Crippen LogP contribution is 2.33. The van der Waals surface area contributed by atoms with Gasteiger partial charge in [0.05, 0.1) is 0 Å². The van der Waals surface area contributed by atoms with E-state index < -0.39 is 5.60 Å². The predicted molar refractivity (Wildman–Crippen MR) is 149 cm³/mol. The Bertz CT molecular complexity index is 1370. The molecule has 180 valence electrons. The van der Waals surface area contributed by atoms with Crippen LogP contribution in [0.15, 0.2) is 72.8 Å². The summed E-state index contributed by atoms with van der Waals surface area (Å²) in [6.07, 6.45) is 1.92. The summed E-state index contributed by atoms with van der Waals surface area (Å²) in [7, 11) is 0. The van der Waals surface area contributed by atoms with Crippen LogP contribution in [0.2, 0.25) is 0 Å². The van der Waals surface area contributed by atoms with Crippen molar-refractivity contribution in [2.45, 2.75) is 66.9 Å². The van der Waals surface area contributed by atoms with Crippen LogP contribution in [0.5, 0.6) is 0 Å². The Kier molecular flexibility index (Phi) is 7.01. The summed E-state index contributed by atoms with van der Waals surface area (Å²) in [5.74, 6) is 0. The molecule has 1 N–H and O–H groups in total. The quantitative estimate of drug-likeness (QED) is 0.306. The molecule has 1 atom stereocenters. The van der Waals surface area contributed by atoms with Gasteiger partial charge in [0.1, 0.15) is 5.60 Å². The standard InChI is InChI=1S/C34H38O/c1-22-14-18-30(20-25(22)4)34(7,35)31-19-15-24(3)29(21-31)17-16-28-11-9-13-33(27(28)6)32-12-8-10-23(2)26(32)5/h8-15,18-21,35H,16-17H2,1-7H3. The Labute approximate surface area is 211 Å². The lowest BCUT2D eigenvalue weighted by Crippen LogP contribution is -2.23. The highest BCUT2D eigenvalue weighted by molar-refractivity contribution is 5.72. The Morgan fingerprint density at radius 1 is 0.543 bits per heavy atom. The second-order valence-corrected chi connectivity index (χ2v) is 10.3. The van der Waals surface area contributed by atoms with Gasteiger partial charge in [-0.3, -0.25) is 0 Å². The zero-order valence-corrected chi connectivity index (χ0v) is 22.3. The van der Waals surface area contributed by atoms with Gasteiger partial charge >= 0.3 is 0 Å². The van der Waals surface area contributed by atoms with Crippen molar-refractivity contribution in [1.82, 2.24) is 0 Å². The molecule has 0 fully saturated rings. The topological polar surface area (TPSA) is 20.2 Å². The third-order valence-electron chi connectivity index (χ3n) is 7.98. The van der Waals surface area contributed by atoms with Gasteiger partial charge in [0.15, 0.2) is 0 Å². The molecule has 0 aliphatic carbocycles. The number of rotatable bonds is 6. The first kappa shape index (κ1) is 24.9. The fourth-order valence-electron chi connectivity index (χ4n) is 5.01. The van der Waals surface area contributed by atoms with Gasteiger partial charge < -0.3 is 5.11 Å². The van der Waals surface area contributed by atoms with Crippen molar-refractivity contribution in [3.8, 4) is 11.1 Å². The van der Waals surface area contributed by atoms with E-state index in [1.54, 1.807) is 0 Å². The van der Waals surface area contributed by atoms with Crippen molar-refractivity contribution in [2.24, 2.45) is 0 Å². The van der Waals surface area contributed by atoms with Crippen LogP contribution in [0, 0.1) is 41.5 Å². The number of aliphatic hydroxyl groups is 1. The number of hydrogen-bond donors (Lipinski definition) is 1. The molecular weight excluding hydrogens is 424 g/mol. The molecule has 0 saturated heterocycles. The minimum absolute atomic E-state index is 0.937. The monoisotopic (exact) mass is 462 g/mol. The average Bonchev–Trinajstić information content (AvgIpc) is 2.83. The van der Waals surface area contributed by atoms with Crippen molar-refractivity contribution in [1.29, 1.82) is 0 Å². The van der Waals surface area contributed by atoms with Gasteiger partial charge in [0, 0.05) is 0 Å². The van der Waals surface area contributed by atoms with E-state index in [4.69, 9.17) is 0 Å². The fourth-order valence-corrected chi connectivity index (χ4v) is 5.01. The van der Waals surface area contributed by atoms with Gasteiger partial charge in [-0.25, -0.2) is 0 Å². The van der Waals surface area contributed by atoms with Crippen LogP contribution >= 0.6 is 0 Å². The third-order valence-corrected chi connectivity index (χ3v) is 7.98. The van der Waals surface area contributed by atoms with Crippen molar-refractivity contribution in [3.63, 3.8) is 0 Å². The Morgan fingerprint density at radius 3 is 1.80 bits per heavy atom. The van der Waals surface area contributed by atoms with Crippen molar-refractivity contribution < 1.29 is 5.11 Å². The molecule has 0 radical (unpaired) electrons. The summed E-state index contributed by atoms with van der Waals surface area (Å²) in [5.41, 5.74) is 13.9. The zero-order valence-electron chi connectivity index (χ0n) is 22.3. The molecule has 1 unspecified atom stereocenters. The molecule has 0 bridgehead atoms. The second-order valence-electron chi connectivity index (χ2n) is 10.3. The largest absolute Gasteiger partial charge is 0.381 e. The number of benzene rings is 4. The van der Waals surface area contributed by atoms with E-state index in [0.717, 1.165) is 24.0 Å². The minimum Gasteiger partial charge on any atom is -0.381 e. The van der Waals surface area contributed by atoms with Gasteiger partial charge in [-0.1, -0.05) is 72.8 Å². The molecule has 35 heavy (non-hydrogen) atoms.